The smallest absolute Gasteiger partial charge is 0.305 e. The predicted molar refractivity (Wildman–Crippen MR) is 95.1 cm³/mol. The molecule has 0 fully saturated rings. The molecule has 1 heterocycles. The lowest BCUT2D eigenvalue weighted by molar-refractivity contribution is -0.140. The molecule has 0 aliphatic carbocycles. The average molecular weight is 340 g/mol. The lowest BCUT2D eigenvalue weighted by Gasteiger charge is -2.06. The van der Waals surface area contributed by atoms with E-state index in [-0.39, 0.29) is 5.97 Å². The molecule has 0 saturated carbocycles. The van der Waals surface area contributed by atoms with Crippen molar-refractivity contribution >= 4 is 16.9 Å². The van der Waals surface area contributed by atoms with E-state index in [1.54, 1.807) is 14.2 Å². The molecular formula is C20H20O5. The van der Waals surface area contributed by atoms with Crippen molar-refractivity contribution in [1.29, 1.82) is 0 Å². The summed E-state index contributed by atoms with van der Waals surface area (Å²) in [4.78, 5) is 11.4. The third kappa shape index (κ3) is 3.45. The summed E-state index contributed by atoms with van der Waals surface area (Å²) in [7, 11) is 4.62. The zero-order valence-corrected chi connectivity index (χ0v) is 14.5. The van der Waals surface area contributed by atoms with E-state index in [1.807, 2.05) is 42.5 Å². The van der Waals surface area contributed by atoms with Gasteiger partial charge in [-0.1, -0.05) is 12.1 Å². The Kier molecular flexibility index (Phi) is 4.93. The molecule has 130 valence electrons. The molecular weight excluding hydrogens is 320 g/mol. The third-order valence-corrected chi connectivity index (χ3v) is 4.08. The molecule has 25 heavy (non-hydrogen) atoms. The second-order valence-corrected chi connectivity index (χ2v) is 5.60. The minimum Gasteiger partial charge on any atom is -0.496 e. The van der Waals surface area contributed by atoms with E-state index < -0.39 is 0 Å². The Hall–Kier alpha value is -2.95. The molecule has 3 rings (SSSR count). The van der Waals surface area contributed by atoms with Crippen LogP contribution in [0.1, 0.15) is 12.0 Å². The Labute approximate surface area is 146 Å². The molecule has 0 bridgehead atoms. The van der Waals surface area contributed by atoms with Gasteiger partial charge in [-0.2, -0.15) is 0 Å². The van der Waals surface area contributed by atoms with Gasteiger partial charge in [-0.3, -0.25) is 4.79 Å². The first kappa shape index (κ1) is 16.9. The van der Waals surface area contributed by atoms with Gasteiger partial charge in [0.05, 0.1) is 26.9 Å². The summed E-state index contributed by atoms with van der Waals surface area (Å²) >= 11 is 0. The molecule has 0 atom stereocenters. The van der Waals surface area contributed by atoms with Crippen LogP contribution in [0.3, 0.4) is 0 Å². The largest absolute Gasteiger partial charge is 0.496 e. The Morgan fingerprint density at radius 1 is 1.00 bits per heavy atom. The van der Waals surface area contributed by atoms with Gasteiger partial charge >= 0.3 is 5.97 Å². The number of esters is 1. The summed E-state index contributed by atoms with van der Waals surface area (Å²) < 4.78 is 21.6. The Morgan fingerprint density at radius 3 is 2.48 bits per heavy atom. The van der Waals surface area contributed by atoms with Crippen molar-refractivity contribution in [2.45, 2.75) is 12.8 Å². The van der Waals surface area contributed by atoms with Crippen molar-refractivity contribution in [2.24, 2.45) is 0 Å². The minimum atomic E-state index is -0.235. The van der Waals surface area contributed by atoms with Crippen LogP contribution in [0.15, 0.2) is 46.9 Å². The summed E-state index contributed by atoms with van der Waals surface area (Å²) in [6.07, 6.45) is 0.899. The highest BCUT2D eigenvalue weighted by Gasteiger charge is 2.15. The number of carbonyl (C=O) groups excluding carboxylic acids is 1. The number of carbonyl (C=O) groups is 1. The number of hydrogen-bond acceptors (Lipinski definition) is 5. The molecule has 0 aliphatic heterocycles. The maximum absolute atomic E-state index is 11.4. The molecule has 0 amide bonds. The number of aryl methyl sites for hydroxylation is 1. The second-order valence-electron chi connectivity index (χ2n) is 5.60. The lowest BCUT2D eigenvalue weighted by Crippen LogP contribution is -2.02. The van der Waals surface area contributed by atoms with Gasteiger partial charge in [-0.25, -0.2) is 0 Å². The molecule has 0 N–H and O–H groups in total. The van der Waals surface area contributed by atoms with Crippen LogP contribution in [0.25, 0.3) is 22.3 Å². The molecule has 0 radical (unpaired) electrons. The van der Waals surface area contributed by atoms with E-state index in [1.165, 1.54) is 7.11 Å². The van der Waals surface area contributed by atoms with E-state index in [4.69, 9.17) is 18.6 Å². The molecule has 5 heteroatoms. The van der Waals surface area contributed by atoms with Gasteiger partial charge in [0.1, 0.15) is 11.5 Å². The third-order valence-electron chi connectivity index (χ3n) is 4.08. The second kappa shape index (κ2) is 7.30. The van der Waals surface area contributed by atoms with Gasteiger partial charge in [-0.05, 0) is 42.3 Å². The van der Waals surface area contributed by atoms with Gasteiger partial charge in [0.25, 0.3) is 0 Å². The van der Waals surface area contributed by atoms with Gasteiger partial charge in [0, 0.05) is 11.8 Å². The SMILES string of the molecule is COC(=O)CCc1cc(OC)c2oc(-c3ccccc3OC)cc2c1. The van der Waals surface area contributed by atoms with E-state index >= 15 is 0 Å². The molecule has 0 aliphatic rings. The number of ether oxygens (including phenoxy) is 3. The van der Waals surface area contributed by atoms with Gasteiger partial charge in [-0.15, -0.1) is 0 Å². The molecule has 0 spiro atoms. The fraction of sp³-hybridized carbons (Fsp3) is 0.250. The fourth-order valence-electron chi connectivity index (χ4n) is 2.81. The summed E-state index contributed by atoms with van der Waals surface area (Å²) in [5.41, 5.74) is 2.53. The molecule has 0 saturated heterocycles. The Balaban J connectivity index is 2.02. The lowest BCUT2D eigenvalue weighted by atomic mass is 10.1. The van der Waals surface area contributed by atoms with Crippen molar-refractivity contribution in [1.82, 2.24) is 0 Å². The van der Waals surface area contributed by atoms with Gasteiger partial charge in [0.15, 0.2) is 11.3 Å². The summed E-state index contributed by atoms with van der Waals surface area (Å²) in [6, 6.07) is 13.5. The van der Waals surface area contributed by atoms with Crippen LogP contribution in [-0.4, -0.2) is 27.3 Å². The number of fused-ring (bicyclic) bond motifs is 1. The van der Waals surface area contributed by atoms with Crippen molar-refractivity contribution in [3.05, 3.63) is 48.0 Å². The standard InChI is InChI=1S/C20H20O5/c1-22-16-7-5-4-6-15(16)17-12-14-10-13(8-9-19(21)24-3)11-18(23-2)20(14)25-17/h4-7,10-12H,8-9H2,1-3H3. The zero-order valence-electron chi connectivity index (χ0n) is 14.5. The normalized spacial score (nSPS) is 10.7. The van der Waals surface area contributed by atoms with Crippen molar-refractivity contribution in [3.8, 4) is 22.8 Å². The monoisotopic (exact) mass is 340 g/mol. The molecule has 1 aromatic heterocycles. The first-order chi connectivity index (χ1) is 12.2. The van der Waals surface area contributed by atoms with E-state index in [2.05, 4.69) is 0 Å². The number of hydrogen-bond donors (Lipinski definition) is 0. The highest BCUT2D eigenvalue weighted by atomic mass is 16.5. The molecule has 5 nitrogen and oxygen atoms in total. The molecule has 3 aromatic rings. The molecule has 0 unspecified atom stereocenters. The first-order valence-electron chi connectivity index (χ1n) is 7.97. The summed E-state index contributed by atoms with van der Waals surface area (Å²) in [6.45, 7) is 0. The van der Waals surface area contributed by atoms with Crippen molar-refractivity contribution in [2.75, 3.05) is 21.3 Å². The zero-order chi connectivity index (χ0) is 17.8. The average Bonchev–Trinajstić information content (AvgIpc) is 3.09. The topological polar surface area (TPSA) is 57.9 Å². The number of benzene rings is 2. The van der Waals surface area contributed by atoms with Crippen molar-refractivity contribution in [3.63, 3.8) is 0 Å². The highest BCUT2D eigenvalue weighted by molar-refractivity contribution is 5.89. The first-order valence-corrected chi connectivity index (χ1v) is 7.97. The van der Waals surface area contributed by atoms with E-state index in [0.29, 0.717) is 29.9 Å². The fourth-order valence-corrected chi connectivity index (χ4v) is 2.81. The van der Waals surface area contributed by atoms with Crippen LogP contribution in [0.2, 0.25) is 0 Å². The number of rotatable bonds is 6. The number of para-hydroxylation sites is 1. The number of furan rings is 1. The van der Waals surface area contributed by atoms with Crippen LogP contribution < -0.4 is 9.47 Å². The minimum absolute atomic E-state index is 0.235. The van der Waals surface area contributed by atoms with E-state index in [0.717, 1.165) is 22.3 Å². The van der Waals surface area contributed by atoms with E-state index in [9.17, 15) is 4.79 Å². The van der Waals surface area contributed by atoms with Crippen LogP contribution in [0.4, 0.5) is 0 Å². The Morgan fingerprint density at radius 2 is 1.76 bits per heavy atom. The van der Waals surface area contributed by atoms with Crippen LogP contribution >= 0.6 is 0 Å². The van der Waals surface area contributed by atoms with Crippen LogP contribution in [0.5, 0.6) is 11.5 Å². The molecule has 2 aromatic carbocycles. The summed E-state index contributed by atoms with van der Waals surface area (Å²) in [5, 5.41) is 0.917. The van der Waals surface area contributed by atoms with Gasteiger partial charge in [0.2, 0.25) is 0 Å². The van der Waals surface area contributed by atoms with Crippen molar-refractivity contribution < 1.29 is 23.4 Å². The van der Waals surface area contributed by atoms with Gasteiger partial charge < -0.3 is 18.6 Å². The number of methoxy groups -OCH3 is 3. The summed E-state index contributed by atoms with van der Waals surface area (Å²) in [5.74, 6) is 1.85. The maximum atomic E-state index is 11.4. The van der Waals surface area contributed by atoms with Crippen LogP contribution in [0, 0.1) is 0 Å². The highest BCUT2D eigenvalue weighted by Crippen LogP contribution is 2.38. The quantitative estimate of drug-likeness (QED) is 0.629. The Bertz CT molecular complexity index is 894. The van der Waals surface area contributed by atoms with Crippen LogP contribution in [-0.2, 0) is 16.0 Å². The maximum Gasteiger partial charge on any atom is 0.305 e. The predicted octanol–water partition coefficient (Wildman–Crippen LogP) is 4.22.